The molecule has 1 atom stereocenters. The van der Waals surface area contributed by atoms with Crippen molar-refractivity contribution in [2.45, 2.75) is 74.7 Å². The molecule has 1 aromatic heterocycles. The molecular weight excluding hydrogens is 1190 g/mol. The normalized spacial score (nSPS) is 15.6. The number of fused-ring (bicyclic) bond motifs is 22. The van der Waals surface area contributed by atoms with E-state index < -0.39 is 10.8 Å². The van der Waals surface area contributed by atoms with Gasteiger partial charge in [0.1, 0.15) is 23.5 Å². The minimum absolute atomic E-state index is 0.0949. The van der Waals surface area contributed by atoms with Gasteiger partial charge in [-0.15, -0.1) is 0 Å². The van der Waals surface area contributed by atoms with Gasteiger partial charge in [-0.05, 0) is 182 Å². The second-order valence-corrected chi connectivity index (χ2v) is 29.2. The van der Waals surface area contributed by atoms with E-state index >= 15 is 0 Å². The second kappa shape index (κ2) is 21.1. The second-order valence-electron chi connectivity index (χ2n) is 29.2. The number of hydrogen-bond acceptors (Lipinski definition) is 2. The summed E-state index contributed by atoms with van der Waals surface area (Å²) in [5, 5.41) is 2.41. The third-order valence-electron chi connectivity index (χ3n) is 23.5. The van der Waals surface area contributed by atoms with Gasteiger partial charge in [-0.2, -0.15) is 0 Å². The van der Waals surface area contributed by atoms with E-state index in [2.05, 4.69) is 337 Å². The maximum Gasteiger partial charge on any atom is 0.144 e. The van der Waals surface area contributed by atoms with Crippen molar-refractivity contribution in [1.29, 1.82) is 0 Å². The fourth-order valence-electron chi connectivity index (χ4n) is 19.3. The zero-order valence-electron chi connectivity index (χ0n) is 55.5. The van der Waals surface area contributed by atoms with Crippen LogP contribution < -0.4 is 4.74 Å². The predicted molar refractivity (Wildman–Crippen MR) is 402 cm³/mol. The van der Waals surface area contributed by atoms with Gasteiger partial charge in [-0.1, -0.05) is 313 Å². The number of rotatable bonds is 10. The maximum absolute atomic E-state index is 7.10. The van der Waals surface area contributed by atoms with E-state index in [1.54, 1.807) is 0 Å². The molecule has 1 aliphatic heterocycles. The van der Waals surface area contributed by atoms with Crippen LogP contribution in [0.15, 0.2) is 314 Å². The molecule has 466 valence electrons. The van der Waals surface area contributed by atoms with Crippen molar-refractivity contribution in [2.75, 3.05) is 0 Å². The monoisotopic (exact) mass is 1250 g/mol. The summed E-state index contributed by atoms with van der Waals surface area (Å²) in [5.41, 5.74) is 36.1. The van der Waals surface area contributed by atoms with Crippen LogP contribution in [0.4, 0.5) is 0 Å². The van der Waals surface area contributed by atoms with Gasteiger partial charge >= 0.3 is 0 Å². The number of para-hydroxylation sites is 2. The Morgan fingerprint density at radius 3 is 1.54 bits per heavy atom. The van der Waals surface area contributed by atoms with E-state index in [9.17, 15) is 0 Å². The van der Waals surface area contributed by atoms with E-state index in [0.717, 1.165) is 35.3 Å². The smallest absolute Gasteiger partial charge is 0.144 e. The van der Waals surface area contributed by atoms with Gasteiger partial charge in [0, 0.05) is 38.3 Å². The van der Waals surface area contributed by atoms with Gasteiger partial charge in [0.05, 0.1) is 10.8 Å². The molecule has 0 saturated heterocycles. The Labute approximate surface area is 573 Å². The summed E-state index contributed by atoms with van der Waals surface area (Å²) >= 11 is 0. The lowest BCUT2D eigenvalue weighted by atomic mass is 9.65. The van der Waals surface area contributed by atoms with Crippen LogP contribution in [0, 0.1) is 0 Å². The minimum atomic E-state index is -0.708. The molecule has 5 aliphatic rings. The summed E-state index contributed by atoms with van der Waals surface area (Å²) < 4.78 is 13.7. The Bertz CT molecular complexity index is 5700. The molecule has 0 spiro atoms. The van der Waals surface area contributed by atoms with Crippen LogP contribution in [0.3, 0.4) is 0 Å². The third kappa shape index (κ3) is 7.80. The molecule has 0 radical (unpaired) electrons. The van der Waals surface area contributed by atoms with E-state index in [1.165, 1.54) is 161 Å². The number of furan rings is 1. The highest BCUT2D eigenvalue weighted by atomic mass is 16.5. The highest BCUT2D eigenvalue weighted by molar-refractivity contribution is 6.21. The van der Waals surface area contributed by atoms with Crippen LogP contribution in [-0.2, 0) is 41.1 Å². The Morgan fingerprint density at radius 1 is 0.337 bits per heavy atom. The van der Waals surface area contributed by atoms with Crippen molar-refractivity contribution < 1.29 is 9.15 Å². The highest BCUT2D eigenvalue weighted by Gasteiger charge is 2.54. The molecule has 98 heavy (non-hydrogen) atoms. The van der Waals surface area contributed by atoms with Gasteiger partial charge in [0.25, 0.3) is 0 Å². The zero-order valence-corrected chi connectivity index (χ0v) is 55.5. The first-order chi connectivity index (χ1) is 48.1. The molecule has 0 fully saturated rings. The lowest BCUT2D eigenvalue weighted by Crippen LogP contribution is -2.30. The fraction of sp³-hybridized carbons (Fsp3) is 0.125. The molecule has 4 aliphatic carbocycles. The molecule has 2 heterocycles. The first-order valence-corrected chi connectivity index (χ1v) is 35.0. The summed E-state index contributed by atoms with van der Waals surface area (Å²) in [4.78, 5) is 0. The standard InChI is InChI=1S/C96H70O2/c1-93(2)77-39-23-20-36-71(77)89-91(93)90-87(88-74-38-22-25-41-84(74)98-92(88)89)72-49-44-60(54-79(72)94(90,3)4)53-65(52-59-42-45-62(46-43-59)61-26-10-5-11-27-61)63-47-50-70-75-56-82-76(57-81(75)96(80(70)55-63,68-32-16-8-17-33-68)69-34-18-9-19-35-69)86-78(51-48-64-58-97-83-40-24-21-37-73(83)85(64)86)95(82,66-28-12-6-13-29-66)67-30-14-7-15-31-67/h5-51,54-57,65H,52-53,58H2,1-4H3. The van der Waals surface area contributed by atoms with E-state index in [-0.39, 0.29) is 16.7 Å². The summed E-state index contributed by atoms with van der Waals surface area (Å²) in [6.07, 6.45) is 1.69. The lowest BCUT2D eigenvalue weighted by molar-refractivity contribution is 0.302. The molecule has 0 N–H and O–H groups in total. The van der Waals surface area contributed by atoms with Crippen LogP contribution in [0.1, 0.15) is 123 Å². The molecule has 2 nitrogen and oxygen atoms in total. The Kier molecular flexibility index (Phi) is 12.3. The van der Waals surface area contributed by atoms with E-state index in [4.69, 9.17) is 9.15 Å². The molecule has 20 rings (SSSR count). The molecular formula is C96H70O2. The van der Waals surface area contributed by atoms with Crippen molar-refractivity contribution in [3.8, 4) is 72.5 Å². The largest absolute Gasteiger partial charge is 0.488 e. The molecule has 0 amide bonds. The number of benzene rings is 14. The lowest BCUT2D eigenvalue weighted by Gasteiger charge is -2.36. The summed E-state index contributed by atoms with van der Waals surface area (Å²) in [5.74, 6) is 1.02. The van der Waals surface area contributed by atoms with Gasteiger partial charge in [-0.3, -0.25) is 0 Å². The maximum atomic E-state index is 7.10. The summed E-state index contributed by atoms with van der Waals surface area (Å²) in [6, 6.07) is 118. The zero-order chi connectivity index (χ0) is 65.2. The van der Waals surface area contributed by atoms with Gasteiger partial charge in [0.2, 0.25) is 0 Å². The number of ether oxygens (including phenoxy) is 1. The molecule has 2 heteroatoms. The Balaban J connectivity index is 0.810. The van der Waals surface area contributed by atoms with Crippen molar-refractivity contribution >= 4 is 21.9 Å². The molecule has 0 bridgehead atoms. The summed E-state index contributed by atoms with van der Waals surface area (Å²) in [7, 11) is 0. The molecule has 1 unspecified atom stereocenters. The fourth-order valence-corrected chi connectivity index (χ4v) is 19.3. The molecule has 14 aromatic carbocycles. The van der Waals surface area contributed by atoms with Crippen LogP contribution in [0.2, 0.25) is 0 Å². The van der Waals surface area contributed by atoms with Crippen molar-refractivity contribution in [2.24, 2.45) is 0 Å². The molecule has 15 aromatic rings. The first-order valence-electron chi connectivity index (χ1n) is 35.0. The van der Waals surface area contributed by atoms with Crippen LogP contribution in [-0.4, -0.2) is 0 Å². The third-order valence-corrected chi connectivity index (χ3v) is 23.5. The van der Waals surface area contributed by atoms with Crippen molar-refractivity contribution in [1.82, 2.24) is 0 Å². The van der Waals surface area contributed by atoms with Crippen molar-refractivity contribution in [3.05, 3.63) is 398 Å². The minimum Gasteiger partial charge on any atom is -0.488 e. The van der Waals surface area contributed by atoms with Gasteiger partial charge in [-0.25, -0.2) is 0 Å². The average Bonchev–Trinajstić information content (AvgIpc) is 1.51. The van der Waals surface area contributed by atoms with Crippen LogP contribution >= 0.6 is 0 Å². The van der Waals surface area contributed by atoms with E-state index in [0.29, 0.717) is 6.61 Å². The predicted octanol–water partition coefficient (Wildman–Crippen LogP) is 23.7. The Hall–Kier alpha value is -11.3. The molecule has 0 saturated carbocycles. The average molecular weight is 1260 g/mol. The Morgan fingerprint density at radius 2 is 0.847 bits per heavy atom. The topological polar surface area (TPSA) is 22.4 Å². The summed E-state index contributed by atoms with van der Waals surface area (Å²) in [6.45, 7) is 10.4. The van der Waals surface area contributed by atoms with Crippen LogP contribution in [0.25, 0.3) is 88.7 Å². The quantitative estimate of drug-likeness (QED) is 0.136. The van der Waals surface area contributed by atoms with Gasteiger partial charge in [0.15, 0.2) is 0 Å². The van der Waals surface area contributed by atoms with Gasteiger partial charge < -0.3 is 9.15 Å². The highest BCUT2D eigenvalue weighted by Crippen LogP contribution is 2.67. The SMILES string of the molecule is CC1(C)c2ccccc2-c2c1c1c(c3c2oc2ccccc23)-c2ccc(CC(Cc3ccc(-c4ccccc4)cc3)c3ccc4c(c3)C(c3ccccc3)(c3ccccc3)c3cc5c(cc3-4)C(c3ccccc3)(c3ccccc3)c3ccc4c(c3-5)-c3ccccc3OC4)cc2C1(C)C. The van der Waals surface area contributed by atoms with E-state index in [1.807, 2.05) is 0 Å². The van der Waals surface area contributed by atoms with Crippen LogP contribution in [0.5, 0.6) is 5.75 Å². The first kappa shape index (κ1) is 57.0. The van der Waals surface area contributed by atoms with Crippen molar-refractivity contribution in [3.63, 3.8) is 0 Å². The number of hydrogen-bond donors (Lipinski definition) is 0.